The highest BCUT2D eigenvalue weighted by atomic mass is 35.5. The molecule has 0 aliphatic heterocycles. The fraction of sp³-hybridized carbons (Fsp3) is 0.700. The van der Waals surface area contributed by atoms with E-state index in [1.165, 1.54) is 16.8 Å². The second-order valence-corrected chi connectivity index (χ2v) is 11.0. The van der Waals surface area contributed by atoms with Gasteiger partial charge in [-0.1, -0.05) is 20.8 Å². The number of esters is 1. The lowest BCUT2D eigenvalue weighted by atomic mass is 9.90. The Balaban J connectivity index is 0.00000784. The molecule has 2 atom stereocenters. The molecule has 1 aromatic heterocycles. The lowest BCUT2D eigenvalue weighted by Crippen LogP contribution is -2.51. The lowest BCUT2D eigenvalue weighted by Gasteiger charge is -2.38. The first kappa shape index (κ1) is 27.8. The smallest absolute Gasteiger partial charge is 0.339 e. The van der Waals surface area contributed by atoms with Crippen LogP contribution in [0, 0.1) is 5.41 Å². The molecule has 0 aliphatic rings. The van der Waals surface area contributed by atoms with Crippen LogP contribution in [0.2, 0.25) is 0 Å². The molecule has 0 amide bonds. The van der Waals surface area contributed by atoms with E-state index in [2.05, 4.69) is 4.98 Å². The van der Waals surface area contributed by atoms with Crippen LogP contribution >= 0.6 is 12.4 Å². The summed E-state index contributed by atoms with van der Waals surface area (Å²) in [5.41, 5.74) is -0.447. The summed E-state index contributed by atoms with van der Waals surface area (Å²) in [4.78, 5) is 16.2. The molecule has 0 aliphatic carbocycles. The molecule has 1 rings (SSSR count). The normalized spacial score (nSPS) is 14.8. The molecule has 0 aromatic carbocycles. The summed E-state index contributed by atoms with van der Waals surface area (Å²) in [6.45, 7) is 13.5. The van der Waals surface area contributed by atoms with Crippen molar-refractivity contribution in [2.24, 2.45) is 5.41 Å². The van der Waals surface area contributed by atoms with E-state index in [0.717, 1.165) is 0 Å². The van der Waals surface area contributed by atoms with Gasteiger partial charge in [-0.3, -0.25) is 4.98 Å². The summed E-state index contributed by atoms with van der Waals surface area (Å²) in [6.07, 6.45) is 3.39. The molecule has 0 N–H and O–H groups in total. The van der Waals surface area contributed by atoms with Crippen LogP contribution in [0.25, 0.3) is 0 Å². The quantitative estimate of drug-likeness (QED) is 0.563. The third-order valence-electron chi connectivity index (χ3n) is 4.43. The van der Waals surface area contributed by atoms with Crippen LogP contribution in [-0.4, -0.2) is 60.8 Å². The van der Waals surface area contributed by atoms with Gasteiger partial charge in [-0.15, -0.1) is 12.4 Å². The Kier molecular flexibility index (Phi) is 10.3. The van der Waals surface area contributed by atoms with Gasteiger partial charge in [0.1, 0.15) is 12.7 Å². The van der Waals surface area contributed by atoms with Gasteiger partial charge in [0.15, 0.2) is 0 Å². The molecule has 168 valence electrons. The predicted molar refractivity (Wildman–Crippen MR) is 117 cm³/mol. The molecule has 1 aromatic rings. The minimum absolute atomic E-state index is 0. The van der Waals surface area contributed by atoms with Crippen molar-refractivity contribution in [1.82, 2.24) is 9.29 Å². The second kappa shape index (κ2) is 10.7. The number of sulfonamides is 1. The van der Waals surface area contributed by atoms with Crippen molar-refractivity contribution in [2.75, 3.05) is 19.4 Å². The van der Waals surface area contributed by atoms with Gasteiger partial charge in [-0.25, -0.2) is 13.2 Å². The molecule has 29 heavy (non-hydrogen) atoms. The fourth-order valence-electron chi connectivity index (χ4n) is 2.45. The van der Waals surface area contributed by atoms with Crippen LogP contribution in [0.1, 0.15) is 58.8 Å². The SMILES string of the molecule is C[C@H](O[C@H](COC(=O)c1cccnc1)CN(C(C)(C)C)S(C)(=O)=O)C(C)(C)C.Cl. The average molecular weight is 451 g/mol. The highest BCUT2D eigenvalue weighted by Crippen LogP contribution is 2.25. The van der Waals surface area contributed by atoms with E-state index in [9.17, 15) is 13.2 Å². The maximum absolute atomic E-state index is 12.3. The van der Waals surface area contributed by atoms with Gasteiger partial charge in [0, 0.05) is 24.5 Å². The second-order valence-electron chi connectivity index (χ2n) is 9.07. The summed E-state index contributed by atoms with van der Waals surface area (Å²) < 4.78 is 37.5. The lowest BCUT2D eigenvalue weighted by molar-refractivity contribution is -0.0863. The number of carbonyl (C=O) groups is 1. The third kappa shape index (κ3) is 9.42. The highest BCUT2D eigenvalue weighted by molar-refractivity contribution is 7.88. The third-order valence-corrected chi connectivity index (χ3v) is 5.93. The Morgan fingerprint density at radius 2 is 1.79 bits per heavy atom. The van der Waals surface area contributed by atoms with E-state index in [1.54, 1.807) is 18.3 Å². The molecule has 0 unspecified atom stereocenters. The van der Waals surface area contributed by atoms with Crippen LogP contribution < -0.4 is 0 Å². The first-order chi connectivity index (χ1) is 12.6. The molecule has 9 heteroatoms. The summed E-state index contributed by atoms with van der Waals surface area (Å²) in [5.74, 6) is -0.522. The number of hydrogen-bond acceptors (Lipinski definition) is 6. The number of aromatic nitrogens is 1. The molecular weight excluding hydrogens is 416 g/mol. The highest BCUT2D eigenvalue weighted by Gasteiger charge is 2.34. The number of ether oxygens (including phenoxy) is 2. The molecule has 7 nitrogen and oxygen atoms in total. The van der Waals surface area contributed by atoms with Crippen molar-refractivity contribution in [2.45, 2.75) is 66.2 Å². The number of nitrogens with zero attached hydrogens (tertiary/aromatic N) is 2. The number of rotatable bonds is 8. The van der Waals surface area contributed by atoms with Crippen LogP contribution in [0.5, 0.6) is 0 Å². The van der Waals surface area contributed by atoms with Gasteiger partial charge >= 0.3 is 5.97 Å². The molecule has 0 saturated heterocycles. The van der Waals surface area contributed by atoms with E-state index in [-0.39, 0.29) is 37.1 Å². The Bertz CT molecular complexity index is 742. The van der Waals surface area contributed by atoms with E-state index < -0.39 is 27.6 Å². The van der Waals surface area contributed by atoms with E-state index in [1.807, 2.05) is 48.5 Å². The van der Waals surface area contributed by atoms with Crippen molar-refractivity contribution in [1.29, 1.82) is 0 Å². The molecule has 1 heterocycles. The number of pyridine rings is 1. The molecule has 0 spiro atoms. The Labute approximate surface area is 181 Å². The summed E-state index contributed by atoms with van der Waals surface area (Å²) in [5, 5.41) is 0. The van der Waals surface area contributed by atoms with Gasteiger partial charge in [-0.05, 0) is 45.2 Å². The van der Waals surface area contributed by atoms with Crippen molar-refractivity contribution in [3.63, 3.8) is 0 Å². The number of carbonyl (C=O) groups excluding carboxylic acids is 1. The van der Waals surface area contributed by atoms with Gasteiger partial charge in [0.25, 0.3) is 0 Å². The monoisotopic (exact) mass is 450 g/mol. The molecule has 0 bridgehead atoms. The topological polar surface area (TPSA) is 85.8 Å². The van der Waals surface area contributed by atoms with Gasteiger partial charge in [0.05, 0.1) is 17.9 Å². The zero-order valence-electron chi connectivity index (χ0n) is 18.6. The van der Waals surface area contributed by atoms with Crippen LogP contribution in [0.15, 0.2) is 24.5 Å². The minimum atomic E-state index is -3.48. The van der Waals surface area contributed by atoms with Crippen molar-refractivity contribution in [3.8, 4) is 0 Å². The minimum Gasteiger partial charge on any atom is -0.459 e. The van der Waals surface area contributed by atoms with Crippen molar-refractivity contribution >= 4 is 28.4 Å². The maximum atomic E-state index is 12.3. The molecule has 0 saturated carbocycles. The summed E-state index contributed by atoms with van der Waals surface area (Å²) in [6, 6.07) is 3.26. The Hall–Kier alpha value is -1.22. The average Bonchev–Trinajstić information content (AvgIpc) is 2.54. The van der Waals surface area contributed by atoms with Crippen molar-refractivity contribution < 1.29 is 22.7 Å². The Morgan fingerprint density at radius 3 is 2.21 bits per heavy atom. The van der Waals surface area contributed by atoms with E-state index >= 15 is 0 Å². The van der Waals surface area contributed by atoms with Gasteiger partial charge < -0.3 is 9.47 Å². The van der Waals surface area contributed by atoms with Crippen LogP contribution in [0.4, 0.5) is 0 Å². The standard InChI is InChI=1S/C20H34N2O5S.ClH/c1-15(19(2,3)4)27-17(13-22(20(5,6)7)28(8,24)25)14-26-18(23)16-10-9-11-21-12-16;/h9-12,15,17H,13-14H2,1-8H3;1H/t15-,17-;/m0./s1. The summed E-state index contributed by atoms with van der Waals surface area (Å²) in [7, 11) is -3.48. The maximum Gasteiger partial charge on any atom is 0.339 e. The fourth-order valence-corrected chi connectivity index (χ4v) is 3.89. The predicted octanol–water partition coefficient (Wildman–Crippen LogP) is 3.54. The number of hydrogen-bond donors (Lipinski definition) is 0. The van der Waals surface area contributed by atoms with E-state index in [0.29, 0.717) is 5.56 Å². The largest absolute Gasteiger partial charge is 0.459 e. The number of halogens is 1. The van der Waals surface area contributed by atoms with Crippen molar-refractivity contribution in [3.05, 3.63) is 30.1 Å². The zero-order valence-corrected chi connectivity index (χ0v) is 20.3. The Morgan fingerprint density at radius 1 is 1.21 bits per heavy atom. The molecule has 0 radical (unpaired) electrons. The van der Waals surface area contributed by atoms with Gasteiger partial charge in [-0.2, -0.15) is 4.31 Å². The summed E-state index contributed by atoms with van der Waals surface area (Å²) >= 11 is 0. The molecular formula is C20H35ClN2O5S. The zero-order chi connectivity index (χ0) is 21.8. The first-order valence-electron chi connectivity index (χ1n) is 9.33. The van der Waals surface area contributed by atoms with E-state index in [4.69, 9.17) is 9.47 Å². The van der Waals surface area contributed by atoms with Gasteiger partial charge in [0.2, 0.25) is 10.0 Å². The first-order valence-corrected chi connectivity index (χ1v) is 11.2. The molecule has 0 fully saturated rings. The van der Waals surface area contributed by atoms with Crippen LogP contribution in [0.3, 0.4) is 0 Å². The van der Waals surface area contributed by atoms with Crippen LogP contribution in [-0.2, 0) is 19.5 Å².